The average molecular weight is 140 g/mol. The Hall–Kier alpha value is -1.02. The molecule has 2 heteroatoms. The fraction of sp³-hybridized carbons (Fsp3) is 0.250. The van der Waals surface area contributed by atoms with Crippen LogP contribution in [0.2, 0.25) is 0 Å². The fourth-order valence-electron chi connectivity index (χ4n) is 0.370. The van der Waals surface area contributed by atoms with E-state index in [0.29, 0.717) is 5.76 Å². The highest BCUT2D eigenvalue weighted by Crippen LogP contribution is 1.98. The van der Waals surface area contributed by atoms with Gasteiger partial charge in [0.1, 0.15) is 0 Å². The summed E-state index contributed by atoms with van der Waals surface area (Å²) in [4.78, 5) is 8.93. The van der Waals surface area contributed by atoms with E-state index in [-0.39, 0.29) is 0 Å². The first kappa shape index (κ1) is 8.98. The molecule has 0 aromatic rings. The lowest BCUT2D eigenvalue weighted by Crippen LogP contribution is -1.84. The van der Waals surface area contributed by atoms with Crippen LogP contribution in [0, 0.1) is 0 Å². The number of rotatable bonds is 4. The first-order chi connectivity index (χ1) is 4.66. The van der Waals surface area contributed by atoms with Crippen molar-refractivity contribution in [3.8, 4) is 0 Å². The van der Waals surface area contributed by atoms with Gasteiger partial charge in [0, 0.05) is 0 Å². The SMILES string of the molecule is C=C(C)/C=C\C(=C)OOC. The third kappa shape index (κ3) is 5.12. The molecule has 0 radical (unpaired) electrons. The fourth-order valence-corrected chi connectivity index (χ4v) is 0.370. The Bertz CT molecular complexity index is 157. The minimum Gasteiger partial charge on any atom is -0.338 e. The van der Waals surface area contributed by atoms with Gasteiger partial charge >= 0.3 is 0 Å². The Balaban J connectivity index is 3.67. The second-order valence-corrected chi connectivity index (χ2v) is 1.90. The van der Waals surface area contributed by atoms with Gasteiger partial charge in [0.05, 0.1) is 7.11 Å². The predicted molar refractivity (Wildman–Crippen MR) is 41.2 cm³/mol. The molecule has 0 saturated heterocycles. The number of allylic oxidation sites excluding steroid dienone is 3. The molecule has 0 aromatic heterocycles. The van der Waals surface area contributed by atoms with E-state index in [1.165, 1.54) is 7.11 Å². The van der Waals surface area contributed by atoms with E-state index in [9.17, 15) is 0 Å². The summed E-state index contributed by atoms with van der Waals surface area (Å²) in [6.07, 6.45) is 3.48. The van der Waals surface area contributed by atoms with Crippen LogP contribution < -0.4 is 0 Å². The lowest BCUT2D eigenvalue weighted by atomic mass is 10.3. The molecule has 0 aliphatic rings. The highest BCUT2D eigenvalue weighted by Gasteiger charge is 1.84. The lowest BCUT2D eigenvalue weighted by Gasteiger charge is -1.96. The zero-order valence-electron chi connectivity index (χ0n) is 6.39. The van der Waals surface area contributed by atoms with Crippen LogP contribution in [0.4, 0.5) is 0 Å². The normalized spacial score (nSPS) is 9.80. The van der Waals surface area contributed by atoms with E-state index in [4.69, 9.17) is 0 Å². The summed E-state index contributed by atoms with van der Waals surface area (Å²) in [6.45, 7) is 9.09. The van der Waals surface area contributed by atoms with E-state index in [0.717, 1.165) is 5.57 Å². The molecule has 10 heavy (non-hydrogen) atoms. The third-order valence-corrected chi connectivity index (χ3v) is 0.744. The van der Waals surface area contributed by atoms with Gasteiger partial charge in [-0.15, -0.1) is 0 Å². The van der Waals surface area contributed by atoms with Crippen molar-refractivity contribution < 1.29 is 9.78 Å². The van der Waals surface area contributed by atoms with Crippen molar-refractivity contribution in [1.29, 1.82) is 0 Å². The molecular weight excluding hydrogens is 128 g/mol. The van der Waals surface area contributed by atoms with Crippen LogP contribution in [0.15, 0.2) is 36.6 Å². The molecule has 0 saturated carbocycles. The van der Waals surface area contributed by atoms with E-state index in [1.807, 2.05) is 6.92 Å². The Morgan fingerprint density at radius 2 is 1.90 bits per heavy atom. The molecule has 56 valence electrons. The molecule has 0 aromatic carbocycles. The average Bonchev–Trinajstić information content (AvgIpc) is 1.85. The summed E-state index contributed by atoms with van der Waals surface area (Å²) in [5, 5.41) is 0. The van der Waals surface area contributed by atoms with Gasteiger partial charge in [-0.05, 0) is 13.0 Å². The molecule has 0 aliphatic carbocycles. The summed E-state index contributed by atoms with van der Waals surface area (Å²) >= 11 is 0. The van der Waals surface area contributed by atoms with Gasteiger partial charge in [-0.25, -0.2) is 0 Å². The maximum atomic E-state index is 4.57. The predicted octanol–water partition coefficient (Wildman–Crippen LogP) is 2.21. The lowest BCUT2D eigenvalue weighted by molar-refractivity contribution is -0.232. The van der Waals surface area contributed by atoms with Crippen molar-refractivity contribution in [2.45, 2.75) is 6.92 Å². The van der Waals surface area contributed by atoms with Crippen LogP contribution in [-0.4, -0.2) is 7.11 Å². The monoisotopic (exact) mass is 140 g/mol. The Kier molecular flexibility index (Phi) is 4.33. The largest absolute Gasteiger partial charge is 0.338 e. The van der Waals surface area contributed by atoms with Crippen molar-refractivity contribution in [2.75, 3.05) is 7.11 Å². The van der Waals surface area contributed by atoms with Crippen LogP contribution in [0.1, 0.15) is 6.92 Å². The minimum atomic E-state index is 0.463. The van der Waals surface area contributed by atoms with Crippen LogP contribution in [0.5, 0.6) is 0 Å². The quantitative estimate of drug-likeness (QED) is 0.258. The van der Waals surface area contributed by atoms with Crippen molar-refractivity contribution in [1.82, 2.24) is 0 Å². The summed E-state index contributed by atoms with van der Waals surface area (Å²) in [7, 11) is 1.43. The van der Waals surface area contributed by atoms with Gasteiger partial charge in [0.2, 0.25) is 0 Å². The topological polar surface area (TPSA) is 18.5 Å². The molecule has 0 N–H and O–H groups in total. The number of hydrogen-bond acceptors (Lipinski definition) is 2. The molecule has 0 unspecified atom stereocenters. The van der Waals surface area contributed by atoms with Gasteiger partial charge in [-0.2, -0.15) is 4.89 Å². The van der Waals surface area contributed by atoms with Crippen LogP contribution in [-0.2, 0) is 9.78 Å². The molecule has 0 amide bonds. The molecular formula is C8H12O2. The maximum Gasteiger partial charge on any atom is 0.158 e. The highest BCUT2D eigenvalue weighted by atomic mass is 17.2. The van der Waals surface area contributed by atoms with Crippen molar-refractivity contribution in [3.63, 3.8) is 0 Å². The van der Waals surface area contributed by atoms with Gasteiger partial charge in [-0.3, -0.25) is 0 Å². The standard InChI is InChI=1S/C8H12O2/c1-7(2)5-6-8(3)10-9-4/h5-6H,1,3H2,2,4H3/b6-5-. The summed E-state index contributed by atoms with van der Waals surface area (Å²) in [5.41, 5.74) is 0.945. The smallest absolute Gasteiger partial charge is 0.158 e. The Labute approximate surface area is 61.4 Å². The van der Waals surface area contributed by atoms with Crippen LogP contribution in [0.3, 0.4) is 0 Å². The molecule has 2 nitrogen and oxygen atoms in total. The molecule has 0 fully saturated rings. The van der Waals surface area contributed by atoms with Crippen LogP contribution >= 0.6 is 0 Å². The Morgan fingerprint density at radius 1 is 1.30 bits per heavy atom. The van der Waals surface area contributed by atoms with E-state index < -0.39 is 0 Å². The van der Waals surface area contributed by atoms with Crippen molar-refractivity contribution in [3.05, 3.63) is 36.6 Å². The van der Waals surface area contributed by atoms with E-state index in [2.05, 4.69) is 22.9 Å². The molecule has 0 aliphatic heterocycles. The maximum absolute atomic E-state index is 4.57. The first-order valence-corrected chi connectivity index (χ1v) is 2.90. The van der Waals surface area contributed by atoms with Crippen molar-refractivity contribution >= 4 is 0 Å². The Morgan fingerprint density at radius 3 is 2.30 bits per heavy atom. The molecule has 0 atom stereocenters. The second-order valence-electron chi connectivity index (χ2n) is 1.90. The summed E-state index contributed by atoms with van der Waals surface area (Å²) in [5.74, 6) is 0.463. The number of hydrogen-bond donors (Lipinski definition) is 0. The summed E-state index contributed by atoms with van der Waals surface area (Å²) < 4.78 is 0. The zero-order chi connectivity index (χ0) is 7.98. The van der Waals surface area contributed by atoms with Gasteiger partial charge in [0.25, 0.3) is 0 Å². The highest BCUT2D eigenvalue weighted by molar-refractivity contribution is 5.18. The van der Waals surface area contributed by atoms with E-state index in [1.54, 1.807) is 12.2 Å². The minimum absolute atomic E-state index is 0.463. The summed E-state index contributed by atoms with van der Waals surface area (Å²) in [6, 6.07) is 0. The van der Waals surface area contributed by atoms with Gasteiger partial charge in [-0.1, -0.05) is 24.8 Å². The first-order valence-electron chi connectivity index (χ1n) is 2.90. The van der Waals surface area contributed by atoms with Gasteiger partial charge in [0.15, 0.2) is 5.76 Å². The van der Waals surface area contributed by atoms with Gasteiger partial charge < -0.3 is 4.89 Å². The third-order valence-electron chi connectivity index (χ3n) is 0.744. The molecule has 0 bridgehead atoms. The van der Waals surface area contributed by atoms with E-state index >= 15 is 0 Å². The van der Waals surface area contributed by atoms with Crippen molar-refractivity contribution in [2.24, 2.45) is 0 Å². The molecule has 0 heterocycles. The zero-order valence-corrected chi connectivity index (χ0v) is 6.39. The van der Waals surface area contributed by atoms with Crippen LogP contribution in [0.25, 0.3) is 0 Å². The molecule has 0 rings (SSSR count). The molecule has 0 spiro atoms. The second kappa shape index (κ2) is 4.82.